The summed E-state index contributed by atoms with van der Waals surface area (Å²) in [5, 5.41) is 19.7. The highest BCUT2D eigenvalue weighted by atomic mass is 32.2. The van der Waals surface area contributed by atoms with Crippen LogP contribution in [0.3, 0.4) is 0 Å². The molecule has 6 heteroatoms. The van der Waals surface area contributed by atoms with Gasteiger partial charge in [-0.05, 0) is 12.1 Å². The van der Waals surface area contributed by atoms with Crippen LogP contribution in [0.25, 0.3) is 0 Å². The first-order valence-corrected chi connectivity index (χ1v) is 5.48. The van der Waals surface area contributed by atoms with E-state index < -0.39 is 10.9 Å². The number of aromatic carboxylic acids is 1. The number of hydrogen-bond acceptors (Lipinski definition) is 4. The average molecular weight is 241 g/mol. The Hall–Kier alpha value is -1.56. The number of thioether (sulfide) groups is 1. The highest BCUT2D eigenvalue weighted by molar-refractivity contribution is 8.00. The van der Waals surface area contributed by atoms with Crippen molar-refractivity contribution in [3.05, 3.63) is 33.9 Å². The molecule has 0 atom stereocenters. The molecule has 1 aromatic rings. The van der Waals surface area contributed by atoms with Crippen molar-refractivity contribution in [1.82, 2.24) is 0 Å². The lowest BCUT2D eigenvalue weighted by atomic mass is 10.2. The normalized spacial score (nSPS) is 10.4. The first kappa shape index (κ1) is 12.5. The summed E-state index contributed by atoms with van der Waals surface area (Å²) in [6.45, 7) is 3.78. The van der Waals surface area contributed by atoms with Gasteiger partial charge in [-0.3, -0.25) is 10.1 Å². The van der Waals surface area contributed by atoms with Crippen LogP contribution in [0.2, 0.25) is 0 Å². The Bertz CT molecular complexity index is 431. The van der Waals surface area contributed by atoms with Crippen molar-refractivity contribution in [2.45, 2.75) is 24.0 Å². The Kier molecular flexibility index (Phi) is 3.89. The van der Waals surface area contributed by atoms with Gasteiger partial charge < -0.3 is 5.11 Å². The predicted octanol–water partition coefficient (Wildman–Crippen LogP) is 2.79. The highest BCUT2D eigenvalue weighted by Gasteiger charge is 2.17. The summed E-state index contributed by atoms with van der Waals surface area (Å²) >= 11 is 1.28. The van der Waals surface area contributed by atoms with Gasteiger partial charge in [0.05, 0.1) is 15.4 Å². The Morgan fingerprint density at radius 2 is 2.12 bits per heavy atom. The molecule has 0 radical (unpaired) electrons. The first-order valence-electron chi connectivity index (χ1n) is 4.60. The molecule has 5 nitrogen and oxygen atoms in total. The van der Waals surface area contributed by atoms with Crippen molar-refractivity contribution in [3.8, 4) is 0 Å². The van der Waals surface area contributed by atoms with E-state index in [9.17, 15) is 14.9 Å². The van der Waals surface area contributed by atoms with Crippen molar-refractivity contribution < 1.29 is 14.8 Å². The summed E-state index contributed by atoms with van der Waals surface area (Å²) in [6.07, 6.45) is 0. The number of carboxylic acid groups (broad SMARTS) is 1. The number of carbonyl (C=O) groups is 1. The maximum absolute atomic E-state index is 10.7. The van der Waals surface area contributed by atoms with Crippen molar-refractivity contribution in [1.29, 1.82) is 0 Å². The predicted molar refractivity (Wildman–Crippen MR) is 61.0 cm³/mol. The number of benzene rings is 1. The summed E-state index contributed by atoms with van der Waals surface area (Å²) in [5.41, 5.74) is 0.0115. The fourth-order valence-corrected chi connectivity index (χ4v) is 2.11. The van der Waals surface area contributed by atoms with Crippen LogP contribution in [0.4, 0.5) is 5.69 Å². The third kappa shape index (κ3) is 2.96. The quantitative estimate of drug-likeness (QED) is 0.498. The number of hydrogen-bond donors (Lipinski definition) is 1. The van der Waals surface area contributed by atoms with E-state index >= 15 is 0 Å². The van der Waals surface area contributed by atoms with Gasteiger partial charge in [0.2, 0.25) is 0 Å². The molecule has 0 amide bonds. The van der Waals surface area contributed by atoms with Gasteiger partial charge >= 0.3 is 5.97 Å². The van der Waals surface area contributed by atoms with E-state index in [-0.39, 0.29) is 16.5 Å². The van der Waals surface area contributed by atoms with Crippen LogP contribution in [0.1, 0.15) is 24.2 Å². The van der Waals surface area contributed by atoms with Gasteiger partial charge in [0.15, 0.2) is 0 Å². The molecule has 16 heavy (non-hydrogen) atoms. The summed E-state index contributed by atoms with van der Waals surface area (Å²) < 4.78 is 0. The SMILES string of the molecule is CC(C)Sc1cc(C(=O)O)ccc1[N+](=O)[O-]. The van der Waals surface area contributed by atoms with Crippen molar-refractivity contribution in [3.63, 3.8) is 0 Å². The molecule has 0 spiro atoms. The Labute approximate surface area is 96.6 Å². The summed E-state index contributed by atoms with van der Waals surface area (Å²) in [7, 11) is 0. The minimum atomic E-state index is -1.08. The minimum absolute atomic E-state index is 0.0521. The lowest BCUT2D eigenvalue weighted by Crippen LogP contribution is -2.00. The van der Waals surface area contributed by atoms with Crippen LogP contribution in [0, 0.1) is 10.1 Å². The lowest BCUT2D eigenvalue weighted by Gasteiger charge is -2.06. The van der Waals surface area contributed by atoms with E-state index in [1.807, 2.05) is 13.8 Å². The molecule has 0 aliphatic carbocycles. The number of nitro groups is 1. The molecular weight excluding hydrogens is 230 g/mol. The summed E-state index contributed by atoms with van der Waals surface area (Å²) in [6, 6.07) is 3.81. The molecule has 0 bridgehead atoms. The van der Waals surface area contributed by atoms with Crippen LogP contribution >= 0.6 is 11.8 Å². The molecule has 1 rings (SSSR count). The van der Waals surface area contributed by atoms with E-state index in [0.717, 1.165) is 0 Å². The molecule has 0 unspecified atom stereocenters. The molecule has 0 saturated heterocycles. The van der Waals surface area contributed by atoms with E-state index in [4.69, 9.17) is 5.11 Å². The molecule has 1 N–H and O–H groups in total. The summed E-state index contributed by atoms with van der Waals surface area (Å²) in [5.74, 6) is -1.08. The Morgan fingerprint density at radius 1 is 1.50 bits per heavy atom. The Balaban J connectivity index is 3.21. The molecule has 0 fully saturated rings. The van der Waals surface area contributed by atoms with Crippen LogP contribution in [0.15, 0.2) is 23.1 Å². The molecular formula is C10H11NO4S. The maximum Gasteiger partial charge on any atom is 0.335 e. The molecule has 0 heterocycles. The second-order valence-corrected chi connectivity index (χ2v) is 5.03. The van der Waals surface area contributed by atoms with Crippen molar-refractivity contribution in [2.75, 3.05) is 0 Å². The third-order valence-electron chi connectivity index (χ3n) is 1.77. The number of nitrogens with zero attached hydrogens (tertiary/aromatic N) is 1. The number of rotatable bonds is 4. The molecule has 0 aliphatic rings. The summed E-state index contributed by atoms with van der Waals surface area (Å²) in [4.78, 5) is 21.4. The van der Waals surface area contributed by atoms with Crippen molar-refractivity contribution in [2.24, 2.45) is 0 Å². The minimum Gasteiger partial charge on any atom is -0.478 e. The smallest absolute Gasteiger partial charge is 0.335 e. The zero-order valence-electron chi connectivity index (χ0n) is 8.84. The highest BCUT2D eigenvalue weighted by Crippen LogP contribution is 2.32. The second-order valence-electron chi connectivity index (χ2n) is 3.41. The van der Waals surface area contributed by atoms with Gasteiger partial charge in [-0.2, -0.15) is 0 Å². The van der Waals surface area contributed by atoms with Gasteiger partial charge in [0.25, 0.3) is 5.69 Å². The lowest BCUT2D eigenvalue weighted by molar-refractivity contribution is -0.387. The molecule has 0 saturated carbocycles. The van der Waals surface area contributed by atoms with E-state index in [1.54, 1.807) is 0 Å². The van der Waals surface area contributed by atoms with Crippen LogP contribution in [0.5, 0.6) is 0 Å². The zero-order valence-corrected chi connectivity index (χ0v) is 9.65. The van der Waals surface area contributed by atoms with Gasteiger partial charge in [-0.1, -0.05) is 13.8 Å². The zero-order chi connectivity index (χ0) is 12.3. The largest absolute Gasteiger partial charge is 0.478 e. The van der Waals surface area contributed by atoms with Crippen LogP contribution < -0.4 is 0 Å². The maximum atomic E-state index is 10.7. The van der Waals surface area contributed by atoms with Gasteiger partial charge in [0.1, 0.15) is 0 Å². The topological polar surface area (TPSA) is 80.4 Å². The van der Waals surface area contributed by atoms with Crippen LogP contribution in [-0.2, 0) is 0 Å². The van der Waals surface area contributed by atoms with Gasteiger partial charge in [-0.25, -0.2) is 4.79 Å². The first-order chi connectivity index (χ1) is 7.41. The fourth-order valence-electron chi connectivity index (χ4n) is 1.15. The number of nitro benzene ring substituents is 1. The van der Waals surface area contributed by atoms with Crippen LogP contribution in [-0.4, -0.2) is 21.2 Å². The Morgan fingerprint density at radius 3 is 2.56 bits per heavy atom. The number of carboxylic acids is 1. The van der Waals surface area contributed by atoms with Gasteiger partial charge in [0, 0.05) is 11.3 Å². The standard InChI is InChI=1S/C10H11NO4S/c1-6(2)16-9-5-7(10(12)13)3-4-8(9)11(14)15/h3-6H,1-2H3,(H,12,13). The van der Waals surface area contributed by atoms with Gasteiger partial charge in [-0.15, -0.1) is 11.8 Å². The molecule has 0 aliphatic heterocycles. The van der Waals surface area contributed by atoms with E-state index in [0.29, 0.717) is 4.90 Å². The average Bonchev–Trinajstić information content (AvgIpc) is 2.15. The fraction of sp³-hybridized carbons (Fsp3) is 0.300. The second kappa shape index (κ2) is 4.98. The third-order valence-corrected chi connectivity index (χ3v) is 2.82. The molecule has 86 valence electrons. The van der Waals surface area contributed by atoms with E-state index in [1.165, 1.54) is 30.0 Å². The molecule has 1 aromatic carbocycles. The molecule has 0 aromatic heterocycles. The van der Waals surface area contributed by atoms with Crippen molar-refractivity contribution >= 4 is 23.4 Å². The van der Waals surface area contributed by atoms with E-state index in [2.05, 4.69) is 0 Å². The monoisotopic (exact) mass is 241 g/mol.